The first-order valence-corrected chi connectivity index (χ1v) is 7.10. The largest absolute Gasteiger partial charge is 0.502 e. The van der Waals surface area contributed by atoms with Crippen LogP contribution in [0.25, 0.3) is 0 Å². The van der Waals surface area contributed by atoms with Crippen LogP contribution >= 0.6 is 0 Å². The molecule has 15 heavy (non-hydrogen) atoms. The summed E-state index contributed by atoms with van der Waals surface area (Å²) in [6, 6.07) is 0.774. The Morgan fingerprint density at radius 1 is 1.07 bits per heavy atom. The van der Waals surface area contributed by atoms with Crippen molar-refractivity contribution in [3.63, 3.8) is 0 Å². The second-order valence-corrected chi connectivity index (χ2v) is 6.14. The van der Waals surface area contributed by atoms with E-state index in [-0.39, 0.29) is 0 Å². The monoisotopic (exact) mass is 234 g/mol. The minimum atomic E-state index is -2.39. The Morgan fingerprint density at radius 2 is 1.67 bits per heavy atom. The van der Waals surface area contributed by atoms with Crippen LogP contribution in [-0.2, 0) is 18.0 Å². The van der Waals surface area contributed by atoms with Crippen LogP contribution in [0.5, 0.6) is 0 Å². The molecule has 90 valence electrons. The van der Waals surface area contributed by atoms with Gasteiger partial charge in [0.25, 0.3) is 0 Å². The summed E-state index contributed by atoms with van der Waals surface area (Å²) in [5.41, 5.74) is 0. The summed E-state index contributed by atoms with van der Waals surface area (Å²) in [5.74, 6) is 0. The standard InChI is InChI=1S/C10H22O4Si/c1-5-6-8-14-9-7-10-15(11-2,12-3)13-4/h6,8H,5,7,9-10H2,1-4H3. The third-order valence-electron chi connectivity index (χ3n) is 2.11. The predicted molar refractivity (Wildman–Crippen MR) is 61.6 cm³/mol. The topological polar surface area (TPSA) is 36.9 Å². The second-order valence-electron chi connectivity index (χ2n) is 3.05. The van der Waals surface area contributed by atoms with Crippen molar-refractivity contribution in [1.82, 2.24) is 0 Å². The Bertz CT molecular complexity index is 161. The number of hydrogen-bond donors (Lipinski definition) is 0. The summed E-state index contributed by atoms with van der Waals surface area (Å²) >= 11 is 0. The average Bonchev–Trinajstić information content (AvgIpc) is 2.29. The maximum absolute atomic E-state index is 5.28. The summed E-state index contributed by atoms with van der Waals surface area (Å²) in [7, 11) is 2.48. The first-order chi connectivity index (χ1) is 7.24. The lowest BCUT2D eigenvalue weighted by atomic mass is 10.5. The van der Waals surface area contributed by atoms with Crippen molar-refractivity contribution in [2.45, 2.75) is 25.8 Å². The van der Waals surface area contributed by atoms with Gasteiger partial charge in [-0.05, 0) is 12.8 Å². The zero-order chi connectivity index (χ0) is 11.6. The number of hydrogen-bond acceptors (Lipinski definition) is 4. The van der Waals surface area contributed by atoms with E-state index in [2.05, 4.69) is 6.92 Å². The number of allylic oxidation sites excluding steroid dienone is 1. The van der Waals surface area contributed by atoms with Gasteiger partial charge >= 0.3 is 8.80 Å². The Kier molecular flexibility index (Phi) is 8.69. The van der Waals surface area contributed by atoms with Crippen LogP contribution in [0.4, 0.5) is 0 Å². The molecule has 0 saturated carbocycles. The van der Waals surface area contributed by atoms with E-state index in [4.69, 9.17) is 18.0 Å². The quantitative estimate of drug-likeness (QED) is 0.348. The molecule has 0 bridgehead atoms. The van der Waals surface area contributed by atoms with E-state index >= 15 is 0 Å². The molecular weight excluding hydrogens is 212 g/mol. The van der Waals surface area contributed by atoms with Gasteiger partial charge in [0.1, 0.15) is 0 Å². The fourth-order valence-corrected chi connectivity index (χ4v) is 2.85. The molecule has 0 aromatic rings. The van der Waals surface area contributed by atoms with Crippen molar-refractivity contribution in [2.24, 2.45) is 0 Å². The maximum atomic E-state index is 5.28. The highest BCUT2D eigenvalue weighted by atomic mass is 28.4. The van der Waals surface area contributed by atoms with Gasteiger partial charge in [-0.15, -0.1) is 0 Å². The summed E-state index contributed by atoms with van der Waals surface area (Å²) in [6.45, 7) is 2.74. The van der Waals surface area contributed by atoms with Gasteiger partial charge in [-0.3, -0.25) is 0 Å². The number of ether oxygens (including phenoxy) is 1. The maximum Gasteiger partial charge on any atom is 0.500 e. The molecule has 0 aliphatic heterocycles. The summed E-state index contributed by atoms with van der Waals surface area (Å²) in [5, 5.41) is 0. The van der Waals surface area contributed by atoms with Crippen molar-refractivity contribution < 1.29 is 18.0 Å². The Morgan fingerprint density at radius 3 is 2.13 bits per heavy atom. The average molecular weight is 234 g/mol. The van der Waals surface area contributed by atoms with Gasteiger partial charge in [0, 0.05) is 27.4 Å². The van der Waals surface area contributed by atoms with Gasteiger partial charge in [-0.1, -0.05) is 13.0 Å². The molecule has 4 nitrogen and oxygen atoms in total. The minimum absolute atomic E-state index is 0.668. The molecule has 0 saturated heterocycles. The molecule has 0 aliphatic carbocycles. The lowest BCUT2D eigenvalue weighted by Crippen LogP contribution is -2.42. The van der Waals surface area contributed by atoms with Crippen molar-refractivity contribution >= 4 is 8.80 Å². The zero-order valence-corrected chi connectivity index (χ0v) is 11.1. The smallest absolute Gasteiger partial charge is 0.500 e. The first-order valence-electron chi connectivity index (χ1n) is 5.16. The summed E-state index contributed by atoms with van der Waals surface area (Å²) in [4.78, 5) is 0. The SMILES string of the molecule is CCC=COCCC[Si](OC)(OC)OC. The molecule has 0 rings (SSSR count). The van der Waals surface area contributed by atoms with Gasteiger partial charge in [-0.2, -0.15) is 0 Å². The van der Waals surface area contributed by atoms with Gasteiger partial charge in [0.05, 0.1) is 12.9 Å². The molecule has 0 radical (unpaired) electrons. The van der Waals surface area contributed by atoms with E-state index in [0.29, 0.717) is 6.61 Å². The van der Waals surface area contributed by atoms with E-state index in [9.17, 15) is 0 Å². The predicted octanol–water partition coefficient (Wildman–Crippen LogP) is 2.19. The zero-order valence-electron chi connectivity index (χ0n) is 10.1. The molecule has 0 atom stereocenters. The van der Waals surface area contributed by atoms with Crippen LogP contribution in [0.2, 0.25) is 6.04 Å². The van der Waals surface area contributed by atoms with E-state index in [1.807, 2.05) is 6.08 Å². The van der Waals surface area contributed by atoms with Crippen LogP contribution < -0.4 is 0 Å². The highest BCUT2D eigenvalue weighted by Gasteiger charge is 2.36. The van der Waals surface area contributed by atoms with Crippen molar-refractivity contribution in [1.29, 1.82) is 0 Å². The molecule has 0 aliphatic rings. The normalized spacial score (nSPS) is 12.3. The fourth-order valence-electron chi connectivity index (χ4n) is 1.16. The Hall–Kier alpha value is -0.363. The third-order valence-corrected chi connectivity index (χ3v) is 4.94. The Balaban J connectivity index is 3.67. The van der Waals surface area contributed by atoms with Crippen LogP contribution in [0.1, 0.15) is 19.8 Å². The van der Waals surface area contributed by atoms with Crippen molar-refractivity contribution in [2.75, 3.05) is 27.9 Å². The molecular formula is C10H22O4Si. The molecule has 5 heteroatoms. The highest BCUT2D eigenvalue weighted by molar-refractivity contribution is 6.60. The van der Waals surface area contributed by atoms with Crippen molar-refractivity contribution in [3.05, 3.63) is 12.3 Å². The molecule has 0 heterocycles. The summed E-state index contributed by atoms with van der Waals surface area (Å²) in [6.07, 6.45) is 5.58. The van der Waals surface area contributed by atoms with Gasteiger partial charge < -0.3 is 18.0 Å². The molecule has 0 unspecified atom stereocenters. The highest BCUT2D eigenvalue weighted by Crippen LogP contribution is 2.14. The first kappa shape index (κ1) is 14.6. The van der Waals surface area contributed by atoms with Crippen LogP contribution in [-0.4, -0.2) is 36.7 Å². The lowest BCUT2D eigenvalue weighted by Gasteiger charge is -2.23. The third kappa shape index (κ3) is 5.94. The Labute approximate surface area is 93.5 Å². The molecule has 0 aromatic carbocycles. The van der Waals surface area contributed by atoms with Gasteiger partial charge in [-0.25, -0.2) is 0 Å². The molecule has 0 spiro atoms. The summed E-state index contributed by atoms with van der Waals surface area (Å²) < 4.78 is 21.1. The lowest BCUT2D eigenvalue weighted by molar-refractivity contribution is 0.119. The van der Waals surface area contributed by atoms with Gasteiger partial charge in [0.15, 0.2) is 0 Å². The fraction of sp³-hybridized carbons (Fsp3) is 0.800. The molecule has 0 aromatic heterocycles. The van der Waals surface area contributed by atoms with Crippen molar-refractivity contribution in [3.8, 4) is 0 Å². The molecule has 0 amide bonds. The van der Waals surface area contributed by atoms with E-state index < -0.39 is 8.80 Å². The molecule has 0 fully saturated rings. The van der Waals surface area contributed by atoms with E-state index in [1.54, 1.807) is 27.6 Å². The van der Waals surface area contributed by atoms with E-state index in [1.165, 1.54) is 0 Å². The molecule has 0 N–H and O–H groups in total. The van der Waals surface area contributed by atoms with E-state index in [0.717, 1.165) is 18.9 Å². The van der Waals surface area contributed by atoms with Gasteiger partial charge in [0.2, 0.25) is 0 Å². The van der Waals surface area contributed by atoms with Crippen LogP contribution in [0.3, 0.4) is 0 Å². The second kappa shape index (κ2) is 8.91. The van der Waals surface area contributed by atoms with Crippen LogP contribution in [0.15, 0.2) is 12.3 Å². The minimum Gasteiger partial charge on any atom is -0.502 e. The number of rotatable bonds is 9. The van der Waals surface area contributed by atoms with Crippen LogP contribution in [0, 0.1) is 0 Å².